The number of nitrogens with one attached hydrogen (secondary N) is 1. The number of carbonyl (C=O) groups is 1. The Morgan fingerprint density at radius 3 is 2.56 bits per heavy atom. The van der Waals surface area contributed by atoms with Gasteiger partial charge in [-0.2, -0.15) is 10.5 Å². The molecular formula is C10H9ClN6O. The van der Waals surface area contributed by atoms with Gasteiger partial charge in [0.2, 0.25) is 0 Å². The number of nitriles is 2. The molecule has 1 rings (SSSR count). The van der Waals surface area contributed by atoms with Gasteiger partial charge in [-0.3, -0.25) is 4.79 Å². The van der Waals surface area contributed by atoms with Gasteiger partial charge in [0.15, 0.2) is 0 Å². The van der Waals surface area contributed by atoms with Gasteiger partial charge in [0.1, 0.15) is 24.6 Å². The van der Waals surface area contributed by atoms with Gasteiger partial charge in [-0.05, 0) is 12.1 Å². The number of pyridine rings is 1. The molecule has 92 valence electrons. The van der Waals surface area contributed by atoms with E-state index >= 15 is 0 Å². The Morgan fingerprint density at radius 2 is 2.06 bits per heavy atom. The van der Waals surface area contributed by atoms with Crippen molar-refractivity contribution in [3.63, 3.8) is 0 Å². The molecule has 7 nitrogen and oxygen atoms in total. The first-order chi connectivity index (χ1) is 8.63. The average molecular weight is 265 g/mol. The molecule has 0 unspecified atom stereocenters. The molecule has 1 aromatic rings. The van der Waals surface area contributed by atoms with E-state index in [-0.39, 0.29) is 29.6 Å². The maximum absolute atomic E-state index is 12.0. The van der Waals surface area contributed by atoms with Crippen LogP contribution in [-0.2, 0) is 0 Å². The second kappa shape index (κ2) is 6.40. The fourth-order valence-electron chi connectivity index (χ4n) is 1.19. The molecule has 0 bridgehead atoms. The Hall–Kier alpha value is -2.35. The topological polar surface area (TPSA) is 119 Å². The molecule has 0 saturated heterocycles. The summed E-state index contributed by atoms with van der Waals surface area (Å²) in [6.07, 6.45) is 0. The largest absolute Gasteiger partial charge is 0.311 e. The minimum absolute atomic E-state index is 0.0578. The number of hydrogen-bond acceptors (Lipinski definition) is 6. The van der Waals surface area contributed by atoms with E-state index < -0.39 is 5.91 Å². The smallest absolute Gasteiger partial charge is 0.275 e. The summed E-state index contributed by atoms with van der Waals surface area (Å²) in [6, 6.07) is 6.54. The van der Waals surface area contributed by atoms with Crippen molar-refractivity contribution in [1.82, 2.24) is 9.88 Å². The van der Waals surface area contributed by atoms with E-state index in [4.69, 9.17) is 28.0 Å². The first kappa shape index (κ1) is 13.7. The Morgan fingerprint density at radius 1 is 1.44 bits per heavy atom. The predicted molar refractivity (Wildman–Crippen MR) is 64.2 cm³/mol. The minimum atomic E-state index is -0.597. The maximum Gasteiger partial charge on any atom is 0.275 e. The summed E-state index contributed by atoms with van der Waals surface area (Å²) in [7, 11) is 0. The highest BCUT2D eigenvalue weighted by Gasteiger charge is 2.20. The van der Waals surface area contributed by atoms with E-state index in [1.165, 1.54) is 12.1 Å². The van der Waals surface area contributed by atoms with Crippen LogP contribution in [0, 0.1) is 22.7 Å². The van der Waals surface area contributed by atoms with Gasteiger partial charge in [-0.1, -0.05) is 11.6 Å². The van der Waals surface area contributed by atoms with Gasteiger partial charge in [-0.25, -0.2) is 10.8 Å². The Balaban J connectivity index is 3.08. The van der Waals surface area contributed by atoms with Crippen molar-refractivity contribution in [2.75, 3.05) is 18.5 Å². The van der Waals surface area contributed by atoms with Crippen LogP contribution in [0.2, 0.25) is 5.02 Å². The molecule has 0 aliphatic carbocycles. The molecular weight excluding hydrogens is 256 g/mol. The van der Waals surface area contributed by atoms with E-state index in [0.29, 0.717) is 0 Å². The van der Waals surface area contributed by atoms with Crippen LogP contribution in [-0.4, -0.2) is 28.9 Å². The van der Waals surface area contributed by atoms with Crippen molar-refractivity contribution in [2.45, 2.75) is 0 Å². The molecule has 1 aromatic heterocycles. The zero-order valence-corrected chi connectivity index (χ0v) is 9.98. The van der Waals surface area contributed by atoms with E-state index in [1.54, 1.807) is 12.1 Å². The number of nitrogens with two attached hydrogens (primary N) is 1. The summed E-state index contributed by atoms with van der Waals surface area (Å²) in [6.45, 7) is -0.435. The fraction of sp³-hybridized carbons (Fsp3) is 0.200. The van der Waals surface area contributed by atoms with E-state index in [9.17, 15) is 4.79 Å². The van der Waals surface area contributed by atoms with Gasteiger partial charge in [0.25, 0.3) is 5.91 Å². The third-order valence-electron chi connectivity index (χ3n) is 2.01. The first-order valence-electron chi connectivity index (χ1n) is 4.80. The first-order valence-corrected chi connectivity index (χ1v) is 5.18. The number of hydrazine groups is 1. The second-order valence-corrected chi connectivity index (χ2v) is 3.56. The van der Waals surface area contributed by atoms with Crippen LogP contribution in [0.15, 0.2) is 12.1 Å². The van der Waals surface area contributed by atoms with Gasteiger partial charge in [0, 0.05) is 0 Å². The van der Waals surface area contributed by atoms with Gasteiger partial charge < -0.3 is 10.3 Å². The molecule has 8 heteroatoms. The standard InChI is InChI=1S/C10H9ClN6O/c11-7-1-2-8(16-14)15-9(7)10(18)17(5-3-12)6-4-13/h1-2H,5-6,14H2,(H,15,16). The van der Waals surface area contributed by atoms with Gasteiger partial charge in [-0.15, -0.1) is 0 Å². The van der Waals surface area contributed by atoms with Crippen LogP contribution >= 0.6 is 11.6 Å². The lowest BCUT2D eigenvalue weighted by molar-refractivity contribution is 0.0789. The van der Waals surface area contributed by atoms with Crippen molar-refractivity contribution in [3.8, 4) is 12.1 Å². The lowest BCUT2D eigenvalue weighted by atomic mass is 10.3. The highest BCUT2D eigenvalue weighted by atomic mass is 35.5. The number of anilines is 1. The average Bonchev–Trinajstić information content (AvgIpc) is 2.38. The SMILES string of the molecule is N#CCN(CC#N)C(=O)c1nc(NN)ccc1Cl. The Kier molecular flexibility index (Phi) is 4.88. The van der Waals surface area contributed by atoms with Crippen LogP contribution in [0.3, 0.4) is 0 Å². The van der Waals surface area contributed by atoms with E-state index in [2.05, 4.69) is 10.4 Å². The summed E-state index contributed by atoms with van der Waals surface area (Å²) in [5, 5.41) is 17.3. The lowest BCUT2D eigenvalue weighted by Gasteiger charge is -2.16. The Labute approximate surface area is 108 Å². The molecule has 0 atom stereocenters. The molecule has 1 heterocycles. The van der Waals surface area contributed by atoms with Gasteiger partial charge >= 0.3 is 0 Å². The number of hydrogen-bond donors (Lipinski definition) is 2. The molecule has 3 N–H and O–H groups in total. The third kappa shape index (κ3) is 3.08. The summed E-state index contributed by atoms with van der Waals surface area (Å²) in [5.41, 5.74) is 2.22. The zero-order chi connectivity index (χ0) is 13.5. The normalized spacial score (nSPS) is 9.11. The van der Waals surface area contributed by atoms with E-state index in [0.717, 1.165) is 4.90 Å². The third-order valence-corrected chi connectivity index (χ3v) is 2.31. The molecule has 0 aliphatic heterocycles. The molecule has 0 aliphatic rings. The monoisotopic (exact) mass is 264 g/mol. The quantitative estimate of drug-likeness (QED) is 0.465. The van der Waals surface area contributed by atoms with E-state index in [1.807, 2.05) is 0 Å². The zero-order valence-electron chi connectivity index (χ0n) is 9.22. The molecule has 0 saturated carbocycles. The highest BCUT2D eigenvalue weighted by molar-refractivity contribution is 6.33. The van der Waals surface area contributed by atoms with Crippen molar-refractivity contribution < 1.29 is 4.79 Å². The minimum Gasteiger partial charge on any atom is -0.311 e. The molecule has 0 fully saturated rings. The molecule has 1 amide bonds. The number of aromatic nitrogens is 1. The van der Waals surface area contributed by atoms with Crippen molar-refractivity contribution in [3.05, 3.63) is 22.8 Å². The summed E-state index contributed by atoms with van der Waals surface area (Å²) in [5.74, 6) is 4.84. The fourth-order valence-corrected chi connectivity index (χ4v) is 1.38. The Bertz CT molecular complexity index is 516. The van der Waals surface area contributed by atoms with Gasteiger partial charge in [0.05, 0.1) is 17.2 Å². The number of rotatable bonds is 4. The lowest BCUT2D eigenvalue weighted by Crippen LogP contribution is -2.32. The molecule has 0 aromatic carbocycles. The predicted octanol–water partition coefficient (Wildman–Crippen LogP) is 0.510. The van der Waals surface area contributed by atoms with Crippen LogP contribution in [0.25, 0.3) is 0 Å². The molecule has 0 spiro atoms. The van der Waals surface area contributed by atoms with Crippen LogP contribution in [0.1, 0.15) is 10.5 Å². The summed E-state index contributed by atoms with van der Waals surface area (Å²) in [4.78, 5) is 17.0. The summed E-state index contributed by atoms with van der Waals surface area (Å²) >= 11 is 5.85. The second-order valence-electron chi connectivity index (χ2n) is 3.15. The highest BCUT2D eigenvalue weighted by Crippen LogP contribution is 2.17. The maximum atomic E-state index is 12.0. The number of amides is 1. The van der Waals surface area contributed by atoms with Crippen molar-refractivity contribution in [1.29, 1.82) is 10.5 Å². The molecule has 0 radical (unpaired) electrons. The molecule has 18 heavy (non-hydrogen) atoms. The van der Waals surface area contributed by atoms with Crippen LogP contribution < -0.4 is 11.3 Å². The van der Waals surface area contributed by atoms with Crippen LogP contribution in [0.4, 0.5) is 5.82 Å². The number of nitrogens with zero attached hydrogens (tertiary/aromatic N) is 4. The number of carbonyl (C=O) groups excluding carboxylic acids is 1. The van der Waals surface area contributed by atoms with Crippen molar-refractivity contribution >= 4 is 23.3 Å². The van der Waals surface area contributed by atoms with Crippen LogP contribution in [0.5, 0.6) is 0 Å². The van der Waals surface area contributed by atoms with Crippen molar-refractivity contribution in [2.24, 2.45) is 5.84 Å². The number of nitrogen functional groups attached to an aromatic ring is 1. The summed E-state index contributed by atoms with van der Waals surface area (Å²) < 4.78 is 0. The number of halogens is 1.